The molecule has 1 N–H and O–H groups in total. The van der Waals surface area contributed by atoms with E-state index in [1.54, 1.807) is 0 Å². The smallest absolute Gasteiger partial charge is 0.322 e. The fourth-order valence-corrected chi connectivity index (χ4v) is 2.38. The normalized spacial score (nSPS) is 23.7. The highest BCUT2D eigenvalue weighted by molar-refractivity contribution is 5.99. The predicted octanol–water partition coefficient (Wildman–Crippen LogP) is -0.166. The number of piperidine rings is 1. The Balaban J connectivity index is 1.99. The van der Waals surface area contributed by atoms with E-state index in [2.05, 4.69) is 16.9 Å². The first kappa shape index (κ1) is 12.8. The Morgan fingerprint density at radius 3 is 2.78 bits per heavy atom. The van der Waals surface area contributed by atoms with Crippen LogP contribution in [0.25, 0.3) is 0 Å². The zero-order valence-electron chi connectivity index (χ0n) is 10.5. The second-order valence-corrected chi connectivity index (χ2v) is 4.66. The summed E-state index contributed by atoms with van der Waals surface area (Å²) in [5, 5.41) is 0. The topological polar surface area (TPSA) is 47.8 Å². The highest BCUT2D eigenvalue weighted by Gasteiger charge is 2.36. The van der Waals surface area contributed by atoms with Crippen molar-refractivity contribution in [2.24, 2.45) is 5.92 Å². The lowest BCUT2D eigenvalue weighted by atomic mass is 9.96. The lowest BCUT2D eigenvalue weighted by Crippen LogP contribution is -3.13. The molecule has 0 bridgehead atoms. The highest BCUT2D eigenvalue weighted by Crippen LogP contribution is 2.06. The number of nitrogens with one attached hydrogen (secondary N) is 1. The van der Waals surface area contributed by atoms with Gasteiger partial charge in [0.15, 0.2) is 11.7 Å². The lowest BCUT2D eigenvalue weighted by Gasteiger charge is -2.27. The summed E-state index contributed by atoms with van der Waals surface area (Å²) >= 11 is 0. The molecule has 0 amide bonds. The maximum atomic E-state index is 11.7. The van der Waals surface area contributed by atoms with Crippen LogP contribution in [0.1, 0.15) is 12.0 Å². The summed E-state index contributed by atoms with van der Waals surface area (Å²) in [7, 11) is 1.33. The number of quaternary nitrogens is 1. The molecular weight excluding hydrogens is 230 g/mol. The molecule has 18 heavy (non-hydrogen) atoms. The zero-order chi connectivity index (χ0) is 13.0. The van der Waals surface area contributed by atoms with Crippen molar-refractivity contribution in [3.05, 3.63) is 35.9 Å². The van der Waals surface area contributed by atoms with Crippen LogP contribution in [0.2, 0.25) is 0 Å². The van der Waals surface area contributed by atoms with Crippen molar-refractivity contribution in [3.8, 4) is 0 Å². The molecule has 2 rings (SSSR count). The average Bonchev–Trinajstić information content (AvgIpc) is 2.41. The number of methoxy groups -OCH3 is 1. The molecule has 0 aliphatic carbocycles. The number of carbonyl (C=O) groups is 2. The third-order valence-corrected chi connectivity index (χ3v) is 3.39. The fourth-order valence-electron chi connectivity index (χ4n) is 2.38. The molecule has 4 heteroatoms. The van der Waals surface area contributed by atoms with E-state index >= 15 is 0 Å². The molecule has 1 heterocycles. The van der Waals surface area contributed by atoms with E-state index in [-0.39, 0.29) is 5.78 Å². The first-order valence-corrected chi connectivity index (χ1v) is 6.18. The summed E-state index contributed by atoms with van der Waals surface area (Å²) in [6.07, 6.45) is 0.460. The summed E-state index contributed by atoms with van der Waals surface area (Å²) in [5.41, 5.74) is 1.23. The van der Waals surface area contributed by atoms with Crippen LogP contribution < -0.4 is 4.90 Å². The van der Waals surface area contributed by atoms with Crippen LogP contribution in [0, 0.1) is 5.92 Å². The van der Waals surface area contributed by atoms with Crippen molar-refractivity contribution in [1.82, 2.24) is 0 Å². The molecule has 0 radical (unpaired) electrons. The lowest BCUT2D eigenvalue weighted by molar-refractivity contribution is -0.917. The zero-order valence-corrected chi connectivity index (χ0v) is 10.5. The van der Waals surface area contributed by atoms with Gasteiger partial charge in [-0.1, -0.05) is 30.3 Å². The minimum Gasteiger partial charge on any atom is -0.468 e. The molecule has 4 nitrogen and oxygen atoms in total. The number of hydrogen-bond donors (Lipinski definition) is 1. The summed E-state index contributed by atoms with van der Waals surface area (Å²) in [6, 6.07) is 10.1. The molecule has 1 unspecified atom stereocenters. The van der Waals surface area contributed by atoms with Crippen LogP contribution >= 0.6 is 0 Å². The maximum absolute atomic E-state index is 11.7. The Morgan fingerprint density at radius 2 is 2.11 bits per heavy atom. The monoisotopic (exact) mass is 248 g/mol. The van der Waals surface area contributed by atoms with E-state index in [1.807, 2.05) is 18.2 Å². The number of rotatable bonds is 3. The Kier molecular flexibility index (Phi) is 4.10. The van der Waals surface area contributed by atoms with Crippen molar-refractivity contribution < 1.29 is 19.2 Å². The Labute approximate surface area is 107 Å². The predicted molar refractivity (Wildman–Crippen MR) is 66.0 cm³/mol. The van der Waals surface area contributed by atoms with Crippen molar-refractivity contribution >= 4 is 11.8 Å². The summed E-state index contributed by atoms with van der Waals surface area (Å²) in [5.74, 6) is -0.966. The van der Waals surface area contributed by atoms with Crippen LogP contribution in [0.3, 0.4) is 0 Å². The van der Waals surface area contributed by atoms with Crippen LogP contribution in [0.15, 0.2) is 30.3 Å². The van der Waals surface area contributed by atoms with Crippen LogP contribution in [0.4, 0.5) is 0 Å². The van der Waals surface area contributed by atoms with Crippen LogP contribution in [-0.4, -0.2) is 32.0 Å². The number of carbonyl (C=O) groups excluding carboxylic acids is 2. The van der Waals surface area contributed by atoms with Gasteiger partial charge in [-0.25, -0.2) is 0 Å². The first-order chi connectivity index (χ1) is 8.70. The van der Waals surface area contributed by atoms with E-state index in [0.717, 1.165) is 13.1 Å². The van der Waals surface area contributed by atoms with Gasteiger partial charge in [0.1, 0.15) is 6.54 Å². The van der Waals surface area contributed by atoms with Gasteiger partial charge in [-0.3, -0.25) is 9.59 Å². The molecule has 1 aromatic carbocycles. The van der Waals surface area contributed by atoms with Crippen molar-refractivity contribution in [2.75, 3.05) is 20.2 Å². The van der Waals surface area contributed by atoms with Gasteiger partial charge < -0.3 is 9.64 Å². The summed E-state index contributed by atoms with van der Waals surface area (Å²) < 4.78 is 4.69. The van der Waals surface area contributed by atoms with Gasteiger partial charge in [0.25, 0.3) is 0 Å². The summed E-state index contributed by atoms with van der Waals surface area (Å²) in [4.78, 5) is 24.5. The molecule has 2 atom stereocenters. The van der Waals surface area contributed by atoms with E-state index in [1.165, 1.54) is 17.6 Å². The second-order valence-electron chi connectivity index (χ2n) is 4.66. The summed E-state index contributed by atoms with van der Waals surface area (Å²) in [6.45, 7) is 2.18. The van der Waals surface area contributed by atoms with Gasteiger partial charge >= 0.3 is 5.97 Å². The van der Waals surface area contributed by atoms with E-state index in [4.69, 9.17) is 0 Å². The first-order valence-electron chi connectivity index (χ1n) is 6.18. The molecule has 1 saturated heterocycles. The third-order valence-electron chi connectivity index (χ3n) is 3.39. The molecule has 1 aromatic rings. The largest absolute Gasteiger partial charge is 0.468 e. The maximum Gasteiger partial charge on any atom is 0.322 e. The number of esters is 1. The van der Waals surface area contributed by atoms with Gasteiger partial charge in [-0.15, -0.1) is 0 Å². The quantitative estimate of drug-likeness (QED) is 0.597. The van der Waals surface area contributed by atoms with Gasteiger partial charge in [-0.05, 0) is 0 Å². The molecular formula is C14H18NO3+. The molecule has 1 aliphatic rings. The van der Waals surface area contributed by atoms with E-state index in [9.17, 15) is 9.59 Å². The van der Waals surface area contributed by atoms with Gasteiger partial charge in [0, 0.05) is 5.56 Å². The van der Waals surface area contributed by atoms with Gasteiger partial charge in [0.2, 0.25) is 0 Å². The van der Waals surface area contributed by atoms with Gasteiger partial charge in [-0.2, -0.15) is 0 Å². The van der Waals surface area contributed by atoms with Crippen LogP contribution in [-0.2, 0) is 20.9 Å². The molecule has 1 aliphatic heterocycles. The molecule has 1 fully saturated rings. The van der Waals surface area contributed by atoms with Crippen LogP contribution in [0.5, 0.6) is 0 Å². The van der Waals surface area contributed by atoms with Gasteiger partial charge in [0.05, 0.1) is 26.6 Å². The van der Waals surface area contributed by atoms with E-state index in [0.29, 0.717) is 13.0 Å². The number of hydrogen-bond acceptors (Lipinski definition) is 3. The minimum absolute atomic E-state index is 0.0126. The minimum atomic E-state index is -0.581. The number of likely N-dealkylation sites (tertiary alicyclic amines) is 1. The average molecular weight is 248 g/mol. The number of ether oxygens (including phenoxy) is 1. The number of ketones is 1. The van der Waals surface area contributed by atoms with E-state index < -0.39 is 11.9 Å². The third kappa shape index (κ3) is 2.96. The highest BCUT2D eigenvalue weighted by atomic mass is 16.5. The fraction of sp³-hybridized carbons (Fsp3) is 0.429. The number of benzene rings is 1. The van der Waals surface area contributed by atoms with Crippen molar-refractivity contribution in [3.63, 3.8) is 0 Å². The Bertz CT molecular complexity index is 422. The standard InChI is InChI=1S/C14H17NO3/c1-18-14(17)12-10-15(8-7-13(12)16)9-11-5-3-2-4-6-11/h2-6,12H,7-10H2,1H3/p+1/t12-/m0/s1. The molecule has 0 spiro atoms. The second kappa shape index (κ2) is 5.78. The SMILES string of the molecule is COC(=O)[C@H]1C[NH+](Cc2ccccc2)CCC1=O. The molecule has 0 aromatic heterocycles. The Morgan fingerprint density at radius 1 is 1.39 bits per heavy atom. The van der Waals surface area contributed by atoms with Crippen molar-refractivity contribution in [1.29, 1.82) is 0 Å². The molecule has 96 valence electrons. The Hall–Kier alpha value is -1.68. The number of Topliss-reactive ketones (excluding diaryl/α,β-unsaturated/α-hetero) is 1. The molecule has 0 saturated carbocycles. The van der Waals surface area contributed by atoms with Crippen molar-refractivity contribution in [2.45, 2.75) is 13.0 Å².